The van der Waals surface area contributed by atoms with Crippen LogP contribution in [0.4, 0.5) is 18.9 Å². The standard InChI is InChI=1S/C10H7ClF3N3/c11-7-4-16-17(5-7)9-2-6(10(12,13)14)1-8(15)3-9/h1-5H,15H2. The zero-order valence-corrected chi connectivity index (χ0v) is 9.13. The molecule has 0 bridgehead atoms. The molecule has 7 heteroatoms. The van der Waals surface area contributed by atoms with E-state index in [0.717, 1.165) is 12.1 Å². The molecule has 0 aliphatic carbocycles. The van der Waals surface area contributed by atoms with Crippen molar-refractivity contribution in [2.24, 2.45) is 0 Å². The van der Waals surface area contributed by atoms with Gasteiger partial charge in [0, 0.05) is 11.9 Å². The lowest BCUT2D eigenvalue weighted by molar-refractivity contribution is -0.137. The molecule has 0 saturated carbocycles. The van der Waals surface area contributed by atoms with Crippen molar-refractivity contribution in [2.75, 3.05) is 5.73 Å². The third-order valence-electron chi connectivity index (χ3n) is 2.08. The quantitative estimate of drug-likeness (QED) is 0.802. The summed E-state index contributed by atoms with van der Waals surface area (Å²) in [7, 11) is 0. The van der Waals surface area contributed by atoms with Crippen LogP contribution >= 0.6 is 11.6 Å². The fourth-order valence-corrected chi connectivity index (χ4v) is 1.51. The van der Waals surface area contributed by atoms with Crippen LogP contribution in [0.2, 0.25) is 5.02 Å². The highest BCUT2D eigenvalue weighted by atomic mass is 35.5. The maximum Gasteiger partial charge on any atom is 0.416 e. The van der Waals surface area contributed by atoms with Crippen LogP contribution in [-0.4, -0.2) is 9.78 Å². The Morgan fingerprint density at radius 2 is 1.94 bits per heavy atom. The molecule has 0 atom stereocenters. The molecule has 1 aromatic carbocycles. The van der Waals surface area contributed by atoms with Crippen LogP contribution in [0.5, 0.6) is 0 Å². The molecule has 0 aliphatic heterocycles. The molecule has 0 radical (unpaired) electrons. The van der Waals surface area contributed by atoms with Gasteiger partial charge in [0.05, 0.1) is 22.5 Å². The van der Waals surface area contributed by atoms with E-state index in [1.54, 1.807) is 0 Å². The molecule has 3 nitrogen and oxygen atoms in total. The lowest BCUT2D eigenvalue weighted by Crippen LogP contribution is -2.07. The van der Waals surface area contributed by atoms with Crippen molar-refractivity contribution in [2.45, 2.75) is 6.18 Å². The van der Waals surface area contributed by atoms with Crippen molar-refractivity contribution in [3.63, 3.8) is 0 Å². The first-order chi connectivity index (χ1) is 7.86. The van der Waals surface area contributed by atoms with Crippen molar-refractivity contribution < 1.29 is 13.2 Å². The van der Waals surface area contributed by atoms with Gasteiger partial charge in [0.2, 0.25) is 0 Å². The first-order valence-electron chi connectivity index (χ1n) is 4.54. The Labute approximate surface area is 99.6 Å². The van der Waals surface area contributed by atoms with Gasteiger partial charge in [-0.05, 0) is 18.2 Å². The summed E-state index contributed by atoms with van der Waals surface area (Å²) in [6.45, 7) is 0. The first-order valence-corrected chi connectivity index (χ1v) is 4.92. The maximum atomic E-state index is 12.6. The van der Waals surface area contributed by atoms with Gasteiger partial charge in [-0.3, -0.25) is 0 Å². The topological polar surface area (TPSA) is 43.8 Å². The van der Waals surface area contributed by atoms with Crippen molar-refractivity contribution in [1.82, 2.24) is 9.78 Å². The molecule has 17 heavy (non-hydrogen) atoms. The number of hydrogen-bond donors (Lipinski definition) is 1. The second kappa shape index (κ2) is 3.96. The monoisotopic (exact) mass is 261 g/mol. The van der Waals surface area contributed by atoms with E-state index in [-0.39, 0.29) is 11.4 Å². The maximum absolute atomic E-state index is 12.6. The minimum atomic E-state index is -4.44. The average molecular weight is 262 g/mol. The molecule has 0 fully saturated rings. The number of nitrogen functional groups attached to an aromatic ring is 1. The molecular formula is C10H7ClF3N3. The minimum absolute atomic E-state index is 0.0152. The third-order valence-corrected chi connectivity index (χ3v) is 2.28. The Morgan fingerprint density at radius 3 is 2.47 bits per heavy atom. The number of alkyl halides is 3. The van der Waals surface area contributed by atoms with Gasteiger partial charge in [0.1, 0.15) is 0 Å². The van der Waals surface area contributed by atoms with Crippen LogP contribution in [0.1, 0.15) is 5.56 Å². The molecule has 1 heterocycles. The molecule has 0 aliphatic rings. The summed E-state index contributed by atoms with van der Waals surface area (Å²) in [6, 6.07) is 3.22. The smallest absolute Gasteiger partial charge is 0.399 e. The number of nitrogens with two attached hydrogens (primary N) is 1. The Balaban J connectivity index is 2.52. The third kappa shape index (κ3) is 2.52. The summed E-state index contributed by atoms with van der Waals surface area (Å²) in [5.41, 5.74) is 4.83. The van der Waals surface area contributed by atoms with E-state index < -0.39 is 11.7 Å². The summed E-state index contributed by atoms with van der Waals surface area (Å²) in [5, 5.41) is 4.15. The number of nitrogens with zero attached hydrogens (tertiary/aromatic N) is 2. The Kier molecular flexibility index (Phi) is 2.74. The summed E-state index contributed by atoms with van der Waals surface area (Å²) < 4.78 is 38.9. The number of benzene rings is 1. The molecule has 0 saturated heterocycles. The average Bonchev–Trinajstić information content (AvgIpc) is 2.62. The number of anilines is 1. The fourth-order valence-electron chi connectivity index (χ4n) is 1.37. The van der Waals surface area contributed by atoms with Crippen LogP contribution in [-0.2, 0) is 6.18 Å². The van der Waals surface area contributed by atoms with Crippen molar-refractivity contribution in [1.29, 1.82) is 0 Å². The van der Waals surface area contributed by atoms with Crippen LogP contribution in [0.25, 0.3) is 5.69 Å². The molecule has 0 amide bonds. The highest BCUT2D eigenvalue weighted by molar-refractivity contribution is 6.30. The zero-order chi connectivity index (χ0) is 12.6. The molecular weight excluding hydrogens is 255 g/mol. The van der Waals surface area contributed by atoms with E-state index in [0.29, 0.717) is 5.02 Å². The Hall–Kier alpha value is -1.69. The Bertz CT molecular complexity index is 548. The highest BCUT2D eigenvalue weighted by Gasteiger charge is 2.31. The van der Waals surface area contributed by atoms with Gasteiger partial charge >= 0.3 is 6.18 Å². The normalized spacial score (nSPS) is 11.8. The molecule has 0 unspecified atom stereocenters. The minimum Gasteiger partial charge on any atom is -0.399 e. The van der Waals surface area contributed by atoms with E-state index in [2.05, 4.69) is 5.10 Å². The van der Waals surface area contributed by atoms with Crippen molar-refractivity contribution in [3.8, 4) is 5.69 Å². The number of rotatable bonds is 1. The lowest BCUT2D eigenvalue weighted by Gasteiger charge is -2.10. The van der Waals surface area contributed by atoms with Gasteiger partial charge in [-0.1, -0.05) is 11.6 Å². The van der Waals surface area contributed by atoms with Crippen LogP contribution in [0, 0.1) is 0 Å². The highest BCUT2D eigenvalue weighted by Crippen LogP contribution is 2.32. The largest absolute Gasteiger partial charge is 0.416 e. The van der Waals surface area contributed by atoms with Crippen molar-refractivity contribution in [3.05, 3.63) is 41.2 Å². The lowest BCUT2D eigenvalue weighted by atomic mass is 10.1. The molecule has 1 aromatic heterocycles. The number of hydrogen-bond acceptors (Lipinski definition) is 2. The molecule has 0 spiro atoms. The van der Waals surface area contributed by atoms with Gasteiger partial charge in [0.15, 0.2) is 0 Å². The van der Waals surface area contributed by atoms with E-state index in [4.69, 9.17) is 17.3 Å². The number of halogens is 4. The number of aromatic nitrogens is 2. The molecule has 2 rings (SSSR count). The summed E-state index contributed by atoms with van der Waals surface area (Å²) >= 11 is 5.64. The van der Waals surface area contributed by atoms with Gasteiger partial charge in [-0.2, -0.15) is 18.3 Å². The summed E-state index contributed by atoms with van der Waals surface area (Å²) in [4.78, 5) is 0. The van der Waals surface area contributed by atoms with E-state index in [1.807, 2.05) is 0 Å². The predicted octanol–water partition coefficient (Wildman–Crippen LogP) is 3.13. The van der Waals surface area contributed by atoms with E-state index >= 15 is 0 Å². The zero-order valence-electron chi connectivity index (χ0n) is 8.37. The van der Waals surface area contributed by atoms with E-state index in [1.165, 1.54) is 23.1 Å². The van der Waals surface area contributed by atoms with Gasteiger partial charge < -0.3 is 5.73 Å². The SMILES string of the molecule is Nc1cc(-n2cc(Cl)cn2)cc(C(F)(F)F)c1. The van der Waals surface area contributed by atoms with Gasteiger partial charge in [-0.25, -0.2) is 4.68 Å². The first kappa shape index (κ1) is 11.8. The van der Waals surface area contributed by atoms with Crippen LogP contribution in [0.3, 0.4) is 0 Å². The second-order valence-corrected chi connectivity index (χ2v) is 3.85. The molecule has 2 N–H and O–H groups in total. The molecule has 2 aromatic rings. The van der Waals surface area contributed by atoms with Crippen LogP contribution < -0.4 is 5.73 Å². The fraction of sp³-hybridized carbons (Fsp3) is 0.100. The summed E-state index contributed by atoms with van der Waals surface area (Å²) in [6.07, 6.45) is -1.71. The second-order valence-electron chi connectivity index (χ2n) is 3.41. The predicted molar refractivity (Wildman–Crippen MR) is 58.0 cm³/mol. The van der Waals surface area contributed by atoms with Crippen molar-refractivity contribution >= 4 is 17.3 Å². The van der Waals surface area contributed by atoms with Crippen LogP contribution in [0.15, 0.2) is 30.6 Å². The molecule has 90 valence electrons. The van der Waals surface area contributed by atoms with E-state index in [9.17, 15) is 13.2 Å². The summed E-state index contributed by atoms with van der Waals surface area (Å²) in [5.74, 6) is 0. The Morgan fingerprint density at radius 1 is 1.24 bits per heavy atom. The van der Waals surface area contributed by atoms with Gasteiger partial charge in [0.25, 0.3) is 0 Å². The van der Waals surface area contributed by atoms with Gasteiger partial charge in [-0.15, -0.1) is 0 Å².